The molecule has 152 valence electrons. The van der Waals surface area contributed by atoms with Crippen LogP contribution in [0.25, 0.3) is 0 Å². The fraction of sp³-hybridized carbons (Fsp3) is 0.625. The van der Waals surface area contributed by atoms with Gasteiger partial charge in [0.25, 0.3) is 0 Å². The molecule has 0 radical (unpaired) electrons. The molecule has 0 aliphatic carbocycles. The van der Waals surface area contributed by atoms with Gasteiger partial charge < -0.3 is 9.84 Å². The second-order valence-corrected chi connectivity index (χ2v) is 7.16. The molecule has 1 N–H and O–H groups in total. The third kappa shape index (κ3) is 10.2. The van der Waals surface area contributed by atoms with E-state index in [-0.39, 0.29) is 5.75 Å². The molecule has 0 aromatic heterocycles. The van der Waals surface area contributed by atoms with Crippen molar-refractivity contribution in [3.8, 4) is 5.75 Å². The van der Waals surface area contributed by atoms with Gasteiger partial charge in [-0.05, 0) is 57.1 Å². The van der Waals surface area contributed by atoms with Crippen molar-refractivity contribution < 1.29 is 14.6 Å². The zero-order valence-electron chi connectivity index (χ0n) is 17.3. The summed E-state index contributed by atoms with van der Waals surface area (Å²) in [6.07, 6.45) is 19.2. The summed E-state index contributed by atoms with van der Waals surface area (Å²) in [4.78, 5) is 12.0. The van der Waals surface area contributed by atoms with Crippen LogP contribution in [0.1, 0.15) is 100 Å². The van der Waals surface area contributed by atoms with Gasteiger partial charge in [0.15, 0.2) is 0 Å². The summed E-state index contributed by atoms with van der Waals surface area (Å²) >= 11 is 0. The zero-order valence-corrected chi connectivity index (χ0v) is 17.3. The predicted octanol–water partition coefficient (Wildman–Crippen LogP) is 6.98. The number of allylic oxidation sites excluding steroid dienone is 2. The van der Waals surface area contributed by atoms with Crippen LogP contribution in [-0.2, 0) is 11.2 Å². The van der Waals surface area contributed by atoms with Crippen molar-refractivity contribution in [1.82, 2.24) is 0 Å². The second-order valence-electron chi connectivity index (χ2n) is 7.16. The van der Waals surface area contributed by atoms with Crippen molar-refractivity contribution in [2.75, 3.05) is 6.61 Å². The third-order valence-corrected chi connectivity index (χ3v) is 4.82. The van der Waals surface area contributed by atoms with E-state index in [9.17, 15) is 9.90 Å². The average molecular weight is 375 g/mol. The van der Waals surface area contributed by atoms with E-state index < -0.39 is 5.97 Å². The van der Waals surface area contributed by atoms with Gasteiger partial charge in [0.1, 0.15) is 11.3 Å². The van der Waals surface area contributed by atoms with Crippen LogP contribution in [0.15, 0.2) is 30.4 Å². The Bertz CT molecular complexity index is 549. The molecular weight excluding hydrogens is 336 g/mol. The fourth-order valence-corrected chi connectivity index (χ4v) is 3.27. The van der Waals surface area contributed by atoms with Crippen molar-refractivity contribution in [3.63, 3.8) is 0 Å². The smallest absolute Gasteiger partial charge is 0.342 e. The van der Waals surface area contributed by atoms with Gasteiger partial charge >= 0.3 is 5.97 Å². The van der Waals surface area contributed by atoms with Gasteiger partial charge in [0.05, 0.1) is 6.61 Å². The molecule has 0 saturated heterocycles. The van der Waals surface area contributed by atoms with E-state index in [0.717, 1.165) is 24.8 Å². The number of rotatable bonds is 15. The number of carbonyl (C=O) groups excluding carboxylic acids is 1. The van der Waals surface area contributed by atoms with Gasteiger partial charge in [-0.1, -0.05) is 69.7 Å². The van der Waals surface area contributed by atoms with Crippen molar-refractivity contribution in [2.45, 2.75) is 90.9 Å². The van der Waals surface area contributed by atoms with E-state index in [0.29, 0.717) is 12.2 Å². The minimum atomic E-state index is -0.424. The van der Waals surface area contributed by atoms with E-state index in [4.69, 9.17) is 4.74 Å². The molecule has 3 heteroatoms. The van der Waals surface area contributed by atoms with Gasteiger partial charge in [-0.15, -0.1) is 0 Å². The Morgan fingerprint density at radius 2 is 1.56 bits per heavy atom. The van der Waals surface area contributed by atoms with E-state index in [1.165, 1.54) is 57.8 Å². The normalized spacial score (nSPS) is 11.2. The highest BCUT2D eigenvalue weighted by Gasteiger charge is 2.16. The molecule has 1 aromatic carbocycles. The Balaban J connectivity index is 2.16. The monoisotopic (exact) mass is 374 g/mol. The van der Waals surface area contributed by atoms with Crippen molar-refractivity contribution in [3.05, 3.63) is 41.5 Å². The Hall–Kier alpha value is -1.77. The Morgan fingerprint density at radius 1 is 0.926 bits per heavy atom. The first kappa shape index (κ1) is 23.3. The van der Waals surface area contributed by atoms with Crippen molar-refractivity contribution >= 4 is 5.97 Å². The van der Waals surface area contributed by atoms with E-state index in [1.54, 1.807) is 19.1 Å². The lowest BCUT2D eigenvalue weighted by Gasteiger charge is -2.10. The minimum Gasteiger partial charge on any atom is -0.507 e. The molecule has 0 heterocycles. The van der Waals surface area contributed by atoms with Crippen molar-refractivity contribution in [1.29, 1.82) is 0 Å². The highest BCUT2D eigenvalue weighted by atomic mass is 16.5. The number of hydrogen-bond donors (Lipinski definition) is 1. The molecule has 0 atom stereocenters. The fourth-order valence-electron chi connectivity index (χ4n) is 3.27. The topological polar surface area (TPSA) is 46.5 Å². The first-order chi connectivity index (χ1) is 13.2. The summed E-state index contributed by atoms with van der Waals surface area (Å²) in [6.45, 7) is 4.35. The Kier molecular flexibility index (Phi) is 13.2. The Morgan fingerprint density at radius 3 is 2.22 bits per heavy atom. The largest absolute Gasteiger partial charge is 0.507 e. The van der Waals surface area contributed by atoms with Gasteiger partial charge in [-0.2, -0.15) is 0 Å². The molecule has 0 aliphatic rings. The van der Waals surface area contributed by atoms with E-state index >= 15 is 0 Å². The molecular formula is C24H38O3. The lowest BCUT2D eigenvalue weighted by molar-refractivity contribution is 0.0521. The number of hydrogen-bond acceptors (Lipinski definition) is 3. The molecule has 27 heavy (non-hydrogen) atoms. The van der Waals surface area contributed by atoms with Crippen LogP contribution in [-0.4, -0.2) is 17.7 Å². The quantitative estimate of drug-likeness (QED) is 0.205. The first-order valence-corrected chi connectivity index (χ1v) is 10.8. The summed E-state index contributed by atoms with van der Waals surface area (Å²) in [6, 6.07) is 5.26. The molecule has 0 unspecified atom stereocenters. The molecule has 0 saturated carbocycles. The summed E-state index contributed by atoms with van der Waals surface area (Å²) in [5.41, 5.74) is 1.22. The van der Waals surface area contributed by atoms with Gasteiger partial charge in [-0.25, -0.2) is 4.79 Å². The van der Waals surface area contributed by atoms with E-state index in [1.807, 2.05) is 6.07 Å². The Labute approximate surface area is 165 Å². The van der Waals surface area contributed by atoms with E-state index in [2.05, 4.69) is 19.1 Å². The molecule has 0 fully saturated rings. The maximum atomic E-state index is 12.0. The molecule has 0 spiro atoms. The van der Waals surface area contributed by atoms with Crippen LogP contribution >= 0.6 is 0 Å². The van der Waals surface area contributed by atoms with Crippen LogP contribution in [0.4, 0.5) is 0 Å². The highest BCUT2D eigenvalue weighted by Crippen LogP contribution is 2.24. The molecule has 3 nitrogen and oxygen atoms in total. The van der Waals surface area contributed by atoms with Crippen molar-refractivity contribution in [2.24, 2.45) is 0 Å². The molecule has 0 amide bonds. The number of aromatic hydroxyl groups is 1. The molecule has 1 aromatic rings. The second kappa shape index (κ2) is 15.3. The molecule has 0 aliphatic heterocycles. The first-order valence-electron chi connectivity index (χ1n) is 10.8. The number of aryl methyl sites for hydroxylation is 1. The number of benzene rings is 1. The number of esters is 1. The third-order valence-electron chi connectivity index (χ3n) is 4.82. The maximum absolute atomic E-state index is 12.0. The zero-order chi connectivity index (χ0) is 19.7. The van der Waals surface area contributed by atoms with Crippen LogP contribution in [0.2, 0.25) is 0 Å². The molecule has 0 bridgehead atoms. The van der Waals surface area contributed by atoms with Crippen LogP contribution in [0, 0.1) is 0 Å². The summed E-state index contributed by atoms with van der Waals surface area (Å²) in [5, 5.41) is 9.98. The number of phenolic OH excluding ortho intramolecular Hbond substituents is 1. The number of phenols is 1. The lowest BCUT2D eigenvalue weighted by atomic mass is 9.99. The number of ether oxygens (including phenoxy) is 1. The van der Waals surface area contributed by atoms with Gasteiger partial charge in [-0.3, -0.25) is 0 Å². The van der Waals surface area contributed by atoms with Gasteiger partial charge in [0.2, 0.25) is 0 Å². The number of carbonyl (C=O) groups is 1. The summed E-state index contributed by atoms with van der Waals surface area (Å²) in [7, 11) is 0. The standard InChI is InChI=1S/C24H38O3/c1-3-5-6-7-8-9-10-11-12-13-14-15-16-18-21-19-17-20-22(25)23(21)24(26)27-4-2/h9-10,17,19-20,25H,3-8,11-16,18H2,1-2H3/b10-9+. The van der Waals surface area contributed by atoms with Crippen LogP contribution < -0.4 is 0 Å². The average Bonchev–Trinajstić information content (AvgIpc) is 2.65. The maximum Gasteiger partial charge on any atom is 0.342 e. The SMILES string of the molecule is CCCCCC/C=C/CCCCCCCc1cccc(O)c1C(=O)OCC. The predicted molar refractivity (Wildman–Crippen MR) is 113 cm³/mol. The summed E-state index contributed by atoms with van der Waals surface area (Å²) in [5.74, 6) is -0.403. The summed E-state index contributed by atoms with van der Waals surface area (Å²) < 4.78 is 5.06. The van der Waals surface area contributed by atoms with Crippen LogP contribution in [0.3, 0.4) is 0 Å². The highest BCUT2D eigenvalue weighted by molar-refractivity contribution is 5.94. The lowest BCUT2D eigenvalue weighted by Crippen LogP contribution is -2.08. The molecule has 1 rings (SSSR count). The number of unbranched alkanes of at least 4 members (excludes halogenated alkanes) is 9. The van der Waals surface area contributed by atoms with Crippen LogP contribution in [0.5, 0.6) is 5.75 Å². The minimum absolute atomic E-state index is 0.0208. The van der Waals surface area contributed by atoms with Gasteiger partial charge in [0, 0.05) is 0 Å².